The van der Waals surface area contributed by atoms with Crippen LogP contribution >= 0.6 is 0 Å². The minimum atomic E-state index is 0.748. The average molecular weight is 173 g/mol. The molecular weight excluding hydrogens is 150 g/mol. The summed E-state index contributed by atoms with van der Waals surface area (Å²) in [6, 6.07) is 0. The van der Waals surface area contributed by atoms with Crippen molar-refractivity contribution in [3.05, 3.63) is 0 Å². The molecule has 0 amide bonds. The van der Waals surface area contributed by atoms with E-state index in [1.165, 1.54) is 6.42 Å². The van der Waals surface area contributed by atoms with E-state index >= 15 is 0 Å². The van der Waals surface area contributed by atoms with Crippen LogP contribution in [0.2, 0.25) is 0 Å². The molecule has 3 N–H and O–H groups in total. The number of nitrogens with two attached hydrogens (primary N) is 1. The van der Waals surface area contributed by atoms with Crippen LogP contribution in [0.25, 0.3) is 0 Å². The van der Waals surface area contributed by atoms with Crippen LogP contribution in [-0.4, -0.2) is 45.7 Å². The first-order chi connectivity index (χ1) is 5.70. The monoisotopic (exact) mass is 173 g/mol. The van der Waals surface area contributed by atoms with E-state index in [0.717, 1.165) is 32.0 Å². The largest absolute Gasteiger partial charge is 0.330 e. The van der Waals surface area contributed by atoms with Crippen molar-refractivity contribution in [1.29, 1.82) is 0 Å². The third-order valence-electron chi connectivity index (χ3n) is 2.00. The molecule has 0 saturated carbocycles. The van der Waals surface area contributed by atoms with E-state index in [1.807, 2.05) is 7.05 Å². The van der Waals surface area contributed by atoms with Crippen molar-refractivity contribution in [3.8, 4) is 0 Å². The van der Waals surface area contributed by atoms with Crippen molar-refractivity contribution in [2.24, 2.45) is 11.7 Å². The van der Waals surface area contributed by atoms with Gasteiger partial charge in [0.25, 0.3) is 0 Å². The molecule has 0 aliphatic carbocycles. The summed E-state index contributed by atoms with van der Waals surface area (Å²) >= 11 is 0. The van der Waals surface area contributed by atoms with Gasteiger partial charge < -0.3 is 16.0 Å². The molecular formula is C9H23N3. The highest BCUT2D eigenvalue weighted by Crippen LogP contribution is 2.07. The van der Waals surface area contributed by atoms with E-state index in [9.17, 15) is 0 Å². The van der Waals surface area contributed by atoms with Crippen molar-refractivity contribution in [1.82, 2.24) is 10.2 Å². The molecule has 0 rings (SSSR count). The second-order valence-corrected chi connectivity index (χ2v) is 3.60. The van der Waals surface area contributed by atoms with Crippen LogP contribution in [0.15, 0.2) is 0 Å². The van der Waals surface area contributed by atoms with Crippen LogP contribution < -0.4 is 11.1 Å². The molecule has 3 nitrogen and oxygen atoms in total. The number of hydrogen-bond donors (Lipinski definition) is 2. The zero-order valence-electron chi connectivity index (χ0n) is 8.64. The molecule has 0 saturated heterocycles. The Kier molecular flexibility index (Phi) is 7.45. The fraction of sp³-hybridized carbons (Fsp3) is 1.00. The summed E-state index contributed by atoms with van der Waals surface area (Å²) in [5.74, 6) is 0.748. The maximum atomic E-state index is 5.54. The molecule has 1 unspecified atom stereocenters. The third kappa shape index (κ3) is 6.58. The van der Waals surface area contributed by atoms with E-state index in [-0.39, 0.29) is 0 Å². The lowest BCUT2D eigenvalue weighted by Crippen LogP contribution is -2.26. The molecule has 0 spiro atoms. The van der Waals surface area contributed by atoms with Crippen LogP contribution in [-0.2, 0) is 0 Å². The third-order valence-corrected chi connectivity index (χ3v) is 2.00. The zero-order chi connectivity index (χ0) is 9.40. The Labute approximate surface area is 76.3 Å². The highest BCUT2D eigenvalue weighted by molar-refractivity contribution is 4.63. The first kappa shape index (κ1) is 11.9. The van der Waals surface area contributed by atoms with Gasteiger partial charge in [-0.1, -0.05) is 0 Å². The lowest BCUT2D eigenvalue weighted by molar-refractivity contribution is 0.300. The summed E-state index contributed by atoms with van der Waals surface area (Å²) in [5.41, 5.74) is 5.54. The lowest BCUT2D eigenvalue weighted by atomic mass is 10.0. The Morgan fingerprint density at radius 1 is 1.33 bits per heavy atom. The van der Waals surface area contributed by atoms with Gasteiger partial charge >= 0.3 is 0 Å². The minimum absolute atomic E-state index is 0.748. The summed E-state index contributed by atoms with van der Waals surface area (Å²) in [6.45, 7) is 3.06. The van der Waals surface area contributed by atoms with E-state index in [2.05, 4.69) is 24.3 Å². The average Bonchev–Trinajstić information content (AvgIpc) is 2.00. The highest BCUT2D eigenvalue weighted by Gasteiger charge is 2.07. The van der Waals surface area contributed by atoms with Crippen LogP contribution in [0, 0.1) is 5.92 Å². The molecule has 3 heteroatoms. The van der Waals surface area contributed by atoms with Crippen LogP contribution in [0.3, 0.4) is 0 Å². The number of nitrogens with one attached hydrogen (secondary N) is 1. The normalized spacial score (nSPS) is 13.8. The minimum Gasteiger partial charge on any atom is -0.330 e. The predicted molar refractivity (Wildman–Crippen MR) is 54.3 cm³/mol. The Morgan fingerprint density at radius 2 is 2.00 bits per heavy atom. The van der Waals surface area contributed by atoms with Gasteiger partial charge in [-0.3, -0.25) is 0 Å². The highest BCUT2D eigenvalue weighted by atomic mass is 15.1. The smallest absolute Gasteiger partial charge is 0.000451 e. The number of hydrogen-bond acceptors (Lipinski definition) is 3. The van der Waals surface area contributed by atoms with E-state index in [4.69, 9.17) is 5.73 Å². The molecule has 1 atom stereocenters. The van der Waals surface area contributed by atoms with Crippen molar-refractivity contribution in [2.75, 3.05) is 40.8 Å². The van der Waals surface area contributed by atoms with Crippen LogP contribution in [0.4, 0.5) is 0 Å². The van der Waals surface area contributed by atoms with Crippen LogP contribution in [0.1, 0.15) is 12.8 Å². The van der Waals surface area contributed by atoms with Gasteiger partial charge in [0.05, 0.1) is 0 Å². The summed E-state index contributed by atoms with van der Waals surface area (Å²) in [5, 5.41) is 3.17. The standard InChI is InChI=1S/C9H23N3/c1-11-7-5-9(4-6-10)8-12(2)3/h9,11H,4-8,10H2,1-3H3. The van der Waals surface area contributed by atoms with Gasteiger partial charge in [-0.2, -0.15) is 0 Å². The molecule has 0 aliphatic heterocycles. The maximum Gasteiger partial charge on any atom is 0.000451 e. The fourth-order valence-electron chi connectivity index (χ4n) is 1.43. The van der Waals surface area contributed by atoms with Gasteiger partial charge in [-0.15, -0.1) is 0 Å². The van der Waals surface area contributed by atoms with E-state index < -0.39 is 0 Å². The molecule has 0 radical (unpaired) electrons. The SMILES string of the molecule is CNCCC(CCN)CN(C)C. The Balaban J connectivity index is 3.54. The van der Waals surface area contributed by atoms with Gasteiger partial charge in [-0.25, -0.2) is 0 Å². The number of rotatable bonds is 7. The molecule has 0 aliphatic rings. The summed E-state index contributed by atoms with van der Waals surface area (Å²) in [6.07, 6.45) is 2.37. The topological polar surface area (TPSA) is 41.3 Å². The first-order valence-electron chi connectivity index (χ1n) is 4.70. The zero-order valence-corrected chi connectivity index (χ0v) is 8.64. The van der Waals surface area contributed by atoms with Crippen LogP contribution in [0.5, 0.6) is 0 Å². The Morgan fingerprint density at radius 3 is 2.42 bits per heavy atom. The van der Waals surface area contributed by atoms with E-state index in [0.29, 0.717) is 0 Å². The molecule has 0 bridgehead atoms. The Bertz CT molecular complexity index is 93.8. The van der Waals surface area contributed by atoms with Crippen molar-refractivity contribution in [3.63, 3.8) is 0 Å². The quantitative estimate of drug-likeness (QED) is 0.575. The van der Waals surface area contributed by atoms with Crippen molar-refractivity contribution >= 4 is 0 Å². The summed E-state index contributed by atoms with van der Waals surface area (Å²) in [7, 11) is 6.22. The molecule has 0 aromatic rings. The van der Waals surface area contributed by atoms with Gasteiger partial charge in [0.15, 0.2) is 0 Å². The van der Waals surface area contributed by atoms with Gasteiger partial charge in [-0.05, 0) is 53.0 Å². The molecule has 0 fully saturated rings. The van der Waals surface area contributed by atoms with Crippen molar-refractivity contribution in [2.45, 2.75) is 12.8 Å². The molecule has 0 aromatic heterocycles. The second-order valence-electron chi connectivity index (χ2n) is 3.60. The van der Waals surface area contributed by atoms with Gasteiger partial charge in [0.1, 0.15) is 0 Å². The number of nitrogens with zero attached hydrogens (tertiary/aromatic N) is 1. The van der Waals surface area contributed by atoms with Gasteiger partial charge in [0, 0.05) is 6.54 Å². The fourth-order valence-corrected chi connectivity index (χ4v) is 1.43. The lowest BCUT2D eigenvalue weighted by Gasteiger charge is -2.20. The Hall–Kier alpha value is -0.120. The second kappa shape index (κ2) is 7.53. The maximum absolute atomic E-state index is 5.54. The summed E-state index contributed by atoms with van der Waals surface area (Å²) < 4.78 is 0. The summed E-state index contributed by atoms with van der Waals surface area (Å²) in [4.78, 5) is 2.23. The predicted octanol–water partition coefficient (Wildman–Crippen LogP) is 0.123. The van der Waals surface area contributed by atoms with Crippen molar-refractivity contribution < 1.29 is 0 Å². The molecule has 12 heavy (non-hydrogen) atoms. The molecule has 74 valence electrons. The molecule has 0 aromatic carbocycles. The van der Waals surface area contributed by atoms with Gasteiger partial charge in [0.2, 0.25) is 0 Å². The first-order valence-corrected chi connectivity index (χ1v) is 4.70. The molecule has 0 heterocycles. The van der Waals surface area contributed by atoms with E-state index in [1.54, 1.807) is 0 Å².